The first kappa shape index (κ1) is 17.7. The summed E-state index contributed by atoms with van der Waals surface area (Å²) in [7, 11) is 0. The maximum Gasteiger partial charge on any atom is 0.0175 e. The van der Waals surface area contributed by atoms with E-state index in [1.165, 1.54) is 66.0 Å². The highest BCUT2D eigenvalue weighted by Gasteiger charge is 2.35. The molecule has 3 aromatic rings. The topological polar surface area (TPSA) is 0 Å². The summed E-state index contributed by atoms with van der Waals surface area (Å²) in [4.78, 5) is 0. The molecule has 0 saturated heterocycles. The van der Waals surface area contributed by atoms with Crippen molar-refractivity contribution in [2.24, 2.45) is 11.8 Å². The lowest BCUT2D eigenvalue weighted by Gasteiger charge is -2.40. The zero-order valence-electron chi connectivity index (χ0n) is 16.6. The van der Waals surface area contributed by atoms with Gasteiger partial charge in [-0.15, -0.1) is 0 Å². The Morgan fingerprint density at radius 2 is 1.69 bits per heavy atom. The van der Waals surface area contributed by atoms with Gasteiger partial charge < -0.3 is 0 Å². The van der Waals surface area contributed by atoms with Crippen molar-refractivity contribution in [3.05, 3.63) is 87.9 Å². The molecular formula is C28H25Br. The molecule has 0 radical (unpaired) electrons. The van der Waals surface area contributed by atoms with Crippen molar-refractivity contribution < 1.29 is 0 Å². The zero-order chi connectivity index (χ0) is 19.4. The van der Waals surface area contributed by atoms with Crippen molar-refractivity contribution in [3.8, 4) is 11.1 Å². The minimum absolute atomic E-state index is 0.771. The molecule has 144 valence electrons. The maximum atomic E-state index is 3.54. The number of allylic oxidation sites excluding steroid dienone is 4. The van der Waals surface area contributed by atoms with Gasteiger partial charge in [0.2, 0.25) is 0 Å². The van der Waals surface area contributed by atoms with Crippen molar-refractivity contribution in [2.75, 3.05) is 0 Å². The summed E-state index contributed by atoms with van der Waals surface area (Å²) in [5, 5.41) is 2.83. The Bertz CT molecular complexity index is 1160. The molecular weight excluding hydrogens is 416 g/mol. The number of hydrogen-bond donors (Lipinski definition) is 0. The van der Waals surface area contributed by atoms with Crippen LogP contribution in [0.1, 0.15) is 43.2 Å². The maximum absolute atomic E-state index is 3.54. The van der Waals surface area contributed by atoms with Crippen molar-refractivity contribution >= 4 is 32.3 Å². The molecule has 0 aliphatic heterocycles. The molecule has 3 aliphatic carbocycles. The number of fused-ring (bicyclic) bond motifs is 4. The van der Waals surface area contributed by atoms with E-state index in [1.54, 1.807) is 16.7 Å². The van der Waals surface area contributed by atoms with Gasteiger partial charge in [0.05, 0.1) is 0 Å². The standard InChI is InChI=1S/C28H25Br/c29-22-12-8-18(9-13-22)20-10-14-23-21(16-20)11-15-26-24-6-1-2-7-25(24)27(17-28(23)26)19-4-3-5-19/h1,6,8-16,19,27H,2-5,7,17H2. The van der Waals surface area contributed by atoms with E-state index in [2.05, 4.69) is 82.7 Å². The van der Waals surface area contributed by atoms with Crippen LogP contribution in [0.25, 0.3) is 27.5 Å². The smallest absolute Gasteiger partial charge is 0.0175 e. The molecule has 1 heteroatoms. The minimum atomic E-state index is 0.771. The molecule has 0 heterocycles. The Morgan fingerprint density at radius 1 is 0.862 bits per heavy atom. The van der Waals surface area contributed by atoms with Gasteiger partial charge in [-0.05, 0) is 101 Å². The predicted molar refractivity (Wildman–Crippen MR) is 127 cm³/mol. The second-order valence-electron chi connectivity index (χ2n) is 8.92. The number of benzene rings is 3. The average Bonchev–Trinajstić information content (AvgIpc) is 2.72. The first-order chi connectivity index (χ1) is 14.3. The van der Waals surface area contributed by atoms with E-state index in [1.807, 2.05) is 0 Å². The van der Waals surface area contributed by atoms with Crippen LogP contribution in [0.15, 0.2) is 76.8 Å². The SMILES string of the molecule is Brc1ccc(-c2ccc3c4c(ccc3c2)C2=C(CCC=C2)C(C2CCC2)C4)cc1. The molecule has 3 aromatic carbocycles. The fraction of sp³-hybridized carbons (Fsp3) is 0.286. The Labute approximate surface area is 181 Å². The quantitative estimate of drug-likeness (QED) is 0.375. The van der Waals surface area contributed by atoms with Crippen LogP contribution in [0.5, 0.6) is 0 Å². The molecule has 0 aromatic heterocycles. The number of hydrogen-bond acceptors (Lipinski definition) is 0. The summed E-state index contributed by atoms with van der Waals surface area (Å²) in [6.45, 7) is 0. The van der Waals surface area contributed by atoms with Gasteiger partial charge in [-0.3, -0.25) is 0 Å². The highest BCUT2D eigenvalue weighted by Crippen LogP contribution is 2.49. The summed E-state index contributed by atoms with van der Waals surface area (Å²) < 4.78 is 1.13. The first-order valence-electron chi connectivity index (χ1n) is 11.0. The van der Waals surface area contributed by atoms with E-state index in [4.69, 9.17) is 0 Å². The van der Waals surface area contributed by atoms with Gasteiger partial charge in [-0.25, -0.2) is 0 Å². The van der Waals surface area contributed by atoms with E-state index in [0.717, 1.165) is 16.3 Å². The first-order valence-corrected chi connectivity index (χ1v) is 11.8. The van der Waals surface area contributed by atoms with Crippen LogP contribution in [0.2, 0.25) is 0 Å². The predicted octanol–water partition coefficient (Wildman–Crippen LogP) is 8.35. The van der Waals surface area contributed by atoms with Gasteiger partial charge in [0, 0.05) is 4.47 Å². The van der Waals surface area contributed by atoms with E-state index in [9.17, 15) is 0 Å². The number of halogens is 1. The Balaban J connectivity index is 1.49. The van der Waals surface area contributed by atoms with Crippen LogP contribution in [-0.4, -0.2) is 0 Å². The summed E-state index contributed by atoms with van der Waals surface area (Å²) in [6.07, 6.45) is 12.8. The van der Waals surface area contributed by atoms with E-state index in [-0.39, 0.29) is 0 Å². The molecule has 0 amide bonds. The second-order valence-corrected chi connectivity index (χ2v) is 9.83. The Hall–Kier alpha value is -2.12. The highest BCUT2D eigenvalue weighted by molar-refractivity contribution is 9.10. The minimum Gasteiger partial charge on any atom is -0.0836 e. The van der Waals surface area contributed by atoms with E-state index < -0.39 is 0 Å². The van der Waals surface area contributed by atoms with Gasteiger partial charge in [0.1, 0.15) is 0 Å². The lowest BCUT2D eigenvalue weighted by atomic mass is 9.64. The molecule has 3 aliphatic rings. The molecule has 29 heavy (non-hydrogen) atoms. The third-order valence-electron chi connectivity index (χ3n) is 7.40. The van der Waals surface area contributed by atoms with Gasteiger partial charge >= 0.3 is 0 Å². The van der Waals surface area contributed by atoms with Crippen molar-refractivity contribution in [1.82, 2.24) is 0 Å². The van der Waals surface area contributed by atoms with Crippen molar-refractivity contribution in [1.29, 1.82) is 0 Å². The van der Waals surface area contributed by atoms with Gasteiger partial charge in [0.25, 0.3) is 0 Å². The van der Waals surface area contributed by atoms with E-state index in [0.29, 0.717) is 0 Å². The Kier molecular flexibility index (Phi) is 4.27. The third-order valence-corrected chi connectivity index (χ3v) is 7.93. The lowest BCUT2D eigenvalue weighted by Crippen LogP contribution is -2.29. The van der Waals surface area contributed by atoms with Crippen molar-refractivity contribution in [3.63, 3.8) is 0 Å². The zero-order valence-corrected chi connectivity index (χ0v) is 18.2. The molecule has 0 nitrogen and oxygen atoms in total. The Morgan fingerprint density at radius 3 is 2.48 bits per heavy atom. The van der Waals surface area contributed by atoms with Crippen LogP contribution >= 0.6 is 15.9 Å². The molecule has 6 rings (SSSR count). The molecule has 0 spiro atoms. The van der Waals surface area contributed by atoms with Crippen molar-refractivity contribution in [2.45, 2.75) is 38.5 Å². The summed E-state index contributed by atoms with van der Waals surface area (Å²) in [6, 6.07) is 20.4. The molecule has 0 bridgehead atoms. The van der Waals surface area contributed by atoms with Crippen LogP contribution in [0.4, 0.5) is 0 Å². The molecule has 0 N–H and O–H groups in total. The van der Waals surface area contributed by atoms with Gasteiger partial charge in [0.15, 0.2) is 0 Å². The summed E-state index contributed by atoms with van der Waals surface area (Å²) in [5.41, 5.74) is 8.97. The lowest BCUT2D eigenvalue weighted by molar-refractivity contribution is 0.227. The number of rotatable bonds is 2. The van der Waals surface area contributed by atoms with Crippen LogP contribution in [0, 0.1) is 11.8 Å². The largest absolute Gasteiger partial charge is 0.0836 e. The fourth-order valence-electron chi connectivity index (χ4n) is 5.65. The summed E-state index contributed by atoms with van der Waals surface area (Å²) >= 11 is 3.54. The monoisotopic (exact) mass is 440 g/mol. The fourth-order valence-corrected chi connectivity index (χ4v) is 5.92. The van der Waals surface area contributed by atoms with Gasteiger partial charge in [-0.1, -0.05) is 76.5 Å². The highest BCUT2D eigenvalue weighted by atomic mass is 79.9. The van der Waals surface area contributed by atoms with Gasteiger partial charge in [-0.2, -0.15) is 0 Å². The molecule has 1 fully saturated rings. The summed E-state index contributed by atoms with van der Waals surface area (Å²) in [5.74, 6) is 1.69. The van der Waals surface area contributed by atoms with Crippen LogP contribution in [-0.2, 0) is 6.42 Å². The molecule has 1 atom stereocenters. The van der Waals surface area contributed by atoms with E-state index >= 15 is 0 Å². The normalized spacial score (nSPS) is 21.1. The second kappa shape index (κ2) is 6.99. The average molecular weight is 441 g/mol. The van der Waals surface area contributed by atoms with Crippen LogP contribution in [0.3, 0.4) is 0 Å². The molecule has 1 unspecified atom stereocenters. The molecule has 1 saturated carbocycles. The van der Waals surface area contributed by atoms with Crippen LogP contribution < -0.4 is 0 Å². The third kappa shape index (κ3) is 2.94.